The number of hydrogen-bond acceptors (Lipinski definition) is 1. The van der Waals surface area contributed by atoms with Crippen molar-refractivity contribution in [3.63, 3.8) is 0 Å². The van der Waals surface area contributed by atoms with Crippen LogP contribution in [0.2, 0.25) is 0 Å². The van der Waals surface area contributed by atoms with Crippen molar-refractivity contribution >= 4 is 5.91 Å². The molecule has 2 nitrogen and oxygen atoms in total. The molecule has 0 bridgehead atoms. The van der Waals surface area contributed by atoms with Crippen LogP contribution >= 0.6 is 0 Å². The quantitative estimate of drug-likeness (QED) is 0.628. The van der Waals surface area contributed by atoms with Crippen molar-refractivity contribution in [2.45, 2.75) is 71.1 Å². The minimum atomic E-state index is 0.303. The zero-order valence-corrected chi connectivity index (χ0v) is 10.8. The molecule has 0 aromatic rings. The monoisotopic (exact) mass is 225 g/mol. The lowest BCUT2D eigenvalue weighted by atomic mass is 9.92. The van der Waals surface area contributed by atoms with Crippen LogP contribution in [0.4, 0.5) is 0 Å². The molecule has 1 saturated heterocycles. The van der Waals surface area contributed by atoms with E-state index in [9.17, 15) is 4.79 Å². The smallest absolute Gasteiger partial charge is 0.223 e. The highest BCUT2D eigenvalue weighted by molar-refractivity contribution is 5.79. The summed E-state index contributed by atoms with van der Waals surface area (Å²) in [5.74, 6) is 0.627. The zero-order chi connectivity index (χ0) is 11.6. The third-order valence-electron chi connectivity index (χ3n) is 3.56. The molecule has 1 fully saturated rings. The van der Waals surface area contributed by atoms with E-state index < -0.39 is 0 Å². The summed E-state index contributed by atoms with van der Waals surface area (Å²) in [7, 11) is 0. The van der Waals surface area contributed by atoms with E-state index >= 15 is 0 Å². The molecular formula is C14H27NO. The Balaban J connectivity index is 1.92. The van der Waals surface area contributed by atoms with E-state index in [2.05, 4.69) is 12.2 Å². The summed E-state index contributed by atoms with van der Waals surface area (Å²) >= 11 is 0. The van der Waals surface area contributed by atoms with E-state index in [1.54, 1.807) is 0 Å². The molecule has 1 unspecified atom stereocenters. The Hall–Kier alpha value is -0.530. The van der Waals surface area contributed by atoms with Crippen molar-refractivity contribution < 1.29 is 4.79 Å². The van der Waals surface area contributed by atoms with Gasteiger partial charge in [-0.05, 0) is 19.3 Å². The molecule has 0 aliphatic carbocycles. The summed E-state index contributed by atoms with van der Waals surface area (Å²) in [6.07, 6.45) is 12.8. The molecule has 2 heteroatoms. The lowest BCUT2D eigenvalue weighted by Crippen LogP contribution is -2.36. The maximum Gasteiger partial charge on any atom is 0.223 e. The highest BCUT2D eigenvalue weighted by Gasteiger charge is 2.20. The molecule has 0 spiro atoms. The van der Waals surface area contributed by atoms with E-state index in [0.717, 1.165) is 19.4 Å². The maximum atomic E-state index is 11.5. The summed E-state index contributed by atoms with van der Waals surface area (Å²) in [6, 6.07) is 0. The first-order chi connectivity index (χ1) is 7.84. The van der Waals surface area contributed by atoms with Crippen molar-refractivity contribution in [1.82, 2.24) is 5.32 Å². The lowest BCUT2D eigenvalue weighted by molar-refractivity contribution is -0.126. The molecule has 0 saturated carbocycles. The number of carbonyl (C=O) groups is 1. The van der Waals surface area contributed by atoms with Crippen molar-refractivity contribution in [3.8, 4) is 0 Å². The van der Waals surface area contributed by atoms with Crippen LogP contribution in [0.15, 0.2) is 0 Å². The molecule has 0 aromatic carbocycles. The van der Waals surface area contributed by atoms with Crippen LogP contribution in [0.1, 0.15) is 71.1 Å². The number of rotatable bonds is 8. The van der Waals surface area contributed by atoms with Gasteiger partial charge in [-0.25, -0.2) is 0 Å². The molecule has 1 aliphatic heterocycles. The average molecular weight is 225 g/mol. The lowest BCUT2D eigenvalue weighted by Gasteiger charge is -2.21. The predicted molar refractivity (Wildman–Crippen MR) is 68.3 cm³/mol. The third-order valence-corrected chi connectivity index (χ3v) is 3.56. The number of carbonyl (C=O) groups excluding carboxylic acids is 1. The van der Waals surface area contributed by atoms with Crippen LogP contribution in [0.5, 0.6) is 0 Å². The van der Waals surface area contributed by atoms with Gasteiger partial charge in [0.1, 0.15) is 0 Å². The molecule has 94 valence electrons. The molecule has 1 N–H and O–H groups in total. The van der Waals surface area contributed by atoms with Gasteiger partial charge in [0.2, 0.25) is 5.91 Å². The van der Waals surface area contributed by atoms with E-state index in [0.29, 0.717) is 11.8 Å². The number of nitrogens with one attached hydrogen (secondary N) is 1. The Morgan fingerprint density at radius 1 is 1.12 bits per heavy atom. The van der Waals surface area contributed by atoms with Crippen LogP contribution in [-0.4, -0.2) is 12.5 Å². The average Bonchev–Trinajstić information content (AvgIpc) is 2.30. The normalized spacial score (nSPS) is 20.8. The van der Waals surface area contributed by atoms with Gasteiger partial charge in [-0.1, -0.05) is 51.9 Å². The fraction of sp³-hybridized carbons (Fsp3) is 0.929. The fourth-order valence-corrected chi connectivity index (χ4v) is 2.46. The second-order valence-electron chi connectivity index (χ2n) is 5.04. The number of piperidine rings is 1. The van der Waals surface area contributed by atoms with Gasteiger partial charge >= 0.3 is 0 Å². The summed E-state index contributed by atoms with van der Waals surface area (Å²) < 4.78 is 0. The van der Waals surface area contributed by atoms with E-state index in [4.69, 9.17) is 0 Å². The Kier molecular flexibility index (Phi) is 7.28. The fourth-order valence-electron chi connectivity index (χ4n) is 2.46. The van der Waals surface area contributed by atoms with Gasteiger partial charge in [0.15, 0.2) is 0 Å². The summed E-state index contributed by atoms with van der Waals surface area (Å²) in [5, 5.41) is 2.96. The summed E-state index contributed by atoms with van der Waals surface area (Å²) in [5.41, 5.74) is 0. The number of unbranched alkanes of at least 4 members (excludes halogenated alkanes) is 6. The molecule has 1 atom stereocenters. The van der Waals surface area contributed by atoms with Gasteiger partial charge in [0.05, 0.1) is 0 Å². The molecule has 1 heterocycles. The standard InChI is InChI=1S/C14H27NO/c1-2-3-4-5-6-7-8-10-13-11-9-12-15-14(13)16/h13H,2-12H2,1H3,(H,15,16). The van der Waals surface area contributed by atoms with Gasteiger partial charge in [-0.2, -0.15) is 0 Å². The van der Waals surface area contributed by atoms with E-state index in [-0.39, 0.29) is 0 Å². The minimum Gasteiger partial charge on any atom is -0.356 e. The predicted octanol–water partition coefficient (Wildman–Crippen LogP) is 3.65. The van der Waals surface area contributed by atoms with Crippen molar-refractivity contribution in [1.29, 1.82) is 0 Å². The minimum absolute atomic E-state index is 0.303. The van der Waals surface area contributed by atoms with Gasteiger partial charge in [0.25, 0.3) is 0 Å². The van der Waals surface area contributed by atoms with Crippen LogP contribution in [-0.2, 0) is 4.79 Å². The van der Waals surface area contributed by atoms with Crippen LogP contribution in [0, 0.1) is 5.92 Å². The van der Waals surface area contributed by atoms with Gasteiger partial charge in [0, 0.05) is 12.5 Å². The van der Waals surface area contributed by atoms with Crippen molar-refractivity contribution in [3.05, 3.63) is 0 Å². The van der Waals surface area contributed by atoms with Crippen LogP contribution in [0.3, 0.4) is 0 Å². The SMILES string of the molecule is CCCCCCCCCC1CCCNC1=O. The van der Waals surface area contributed by atoms with E-state index in [1.807, 2.05) is 0 Å². The number of hydrogen-bond donors (Lipinski definition) is 1. The maximum absolute atomic E-state index is 11.5. The highest BCUT2D eigenvalue weighted by Crippen LogP contribution is 2.19. The molecule has 1 amide bonds. The highest BCUT2D eigenvalue weighted by atomic mass is 16.1. The molecule has 0 radical (unpaired) electrons. The van der Waals surface area contributed by atoms with Crippen molar-refractivity contribution in [2.75, 3.05) is 6.54 Å². The van der Waals surface area contributed by atoms with Crippen LogP contribution in [0.25, 0.3) is 0 Å². The zero-order valence-electron chi connectivity index (χ0n) is 10.8. The second-order valence-corrected chi connectivity index (χ2v) is 5.04. The third kappa shape index (κ3) is 5.53. The Morgan fingerprint density at radius 3 is 2.50 bits per heavy atom. The second kappa shape index (κ2) is 8.60. The largest absolute Gasteiger partial charge is 0.356 e. The van der Waals surface area contributed by atoms with Gasteiger partial charge in [-0.3, -0.25) is 4.79 Å². The Labute approximate surface area is 100 Å². The first kappa shape index (κ1) is 13.5. The van der Waals surface area contributed by atoms with Crippen LogP contribution < -0.4 is 5.32 Å². The molecule has 1 rings (SSSR count). The van der Waals surface area contributed by atoms with Crippen molar-refractivity contribution in [2.24, 2.45) is 5.92 Å². The topological polar surface area (TPSA) is 29.1 Å². The van der Waals surface area contributed by atoms with Gasteiger partial charge in [-0.15, -0.1) is 0 Å². The first-order valence-corrected chi connectivity index (χ1v) is 7.12. The molecular weight excluding hydrogens is 198 g/mol. The van der Waals surface area contributed by atoms with E-state index in [1.165, 1.54) is 51.4 Å². The molecule has 16 heavy (non-hydrogen) atoms. The first-order valence-electron chi connectivity index (χ1n) is 7.12. The van der Waals surface area contributed by atoms with Gasteiger partial charge < -0.3 is 5.32 Å². The molecule has 1 aliphatic rings. The summed E-state index contributed by atoms with van der Waals surface area (Å²) in [4.78, 5) is 11.5. The summed E-state index contributed by atoms with van der Waals surface area (Å²) in [6.45, 7) is 3.15. The molecule has 0 aromatic heterocycles. The number of amides is 1. The Morgan fingerprint density at radius 2 is 1.81 bits per heavy atom. The Bertz CT molecular complexity index is 191.